The van der Waals surface area contributed by atoms with Crippen LogP contribution in [-0.2, 0) is 5.75 Å². The van der Waals surface area contributed by atoms with E-state index in [1.165, 1.54) is 11.1 Å². The zero-order valence-corrected chi connectivity index (χ0v) is 12.1. The summed E-state index contributed by atoms with van der Waals surface area (Å²) in [6.45, 7) is 8.07. The molecule has 0 radical (unpaired) electrons. The highest BCUT2D eigenvalue weighted by Gasteiger charge is 2.08. The van der Waals surface area contributed by atoms with Crippen LogP contribution in [0.15, 0.2) is 18.2 Å². The summed E-state index contributed by atoms with van der Waals surface area (Å²) in [5.74, 6) is 2.02. The normalized spacial score (nSPS) is 12.5. The van der Waals surface area contributed by atoms with Gasteiger partial charge in [0.1, 0.15) is 5.75 Å². The quantitative estimate of drug-likeness (QED) is 0.802. The van der Waals surface area contributed by atoms with E-state index in [0.717, 1.165) is 24.7 Å². The summed E-state index contributed by atoms with van der Waals surface area (Å²) in [5, 5.41) is 3.43. The molecule has 0 aliphatic carbocycles. The summed E-state index contributed by atoms with van der Waals surface area (Å²) >= 11 is 1.83. The molecule has 1 atom stereocenters. The molecule has 0 heterocycles. The Kier molecular flexibility index (Phi) is 6.45. The number of rotatable bonds is 7. The van der Waals surface area contributed by atoms with Gasteiger partial charge in [0.2, 0.25) is 0 Å². The lowest BCUT2D eigenvalue weighted by Crippen LogP contribution is -2.17. The van der Waals surface area contributed by atoms with Gasteiger partial charge in [-0.3, -0.25) is 0 Å². The van der Waals surface area contributed by atoms with Crippen molar-refractivity contribution < 1.29 is 4.74 Å². The minimum absolute atomic E-state index is 0.399. The molecule has 0 aromatic heterocycles. The Hall–Kier alpha value is -0.670. The third kappa shape index (κ3) is 4.25. The van der Waals surface area contributed by atoms with Crippen LogP contribution in [-0.4, -0.2) is 19.4 Å². The first-order valence-corrected chi connectivity index (χ1v) is 7.60. The minimum Gasteiger partial charge on any atom is -0.494 e. The van der Waals surface area contributed by atoms with Gasteiger partial charge in [-0.2, -0.15) is 11.8 Å². The highest BCUT2D eigenvalue weighted by molar-refractivity contribution is 7.97. The van der Waals surface area contributed by atoms with Crippen LogP contribution in [0, 0.1) is 0 Å². The van der Waals surface area contributed by atoms with Crippen LogP contribution < -0.4 is 10.1 Å². The van der Waals surface area contributed by atoms with Gasteiger partial charge < -0.3 is 10.1 Å². The molecule has 0 saturated heterocycles. The first kappa shape index (κ1) is 14.4. The molecule has 1 aromatic carbocycles. The van der Waals surface area contributed by atoms with E-state index in [0.29, 0.717) is 6.04 Å². The summed E-state index contributed by atoms with van der Waals surface area (Å²) in [6.07, 6.45) is 2.12. The maximum atomic E-state index is 5.65. The molecule has 0 spiro atoms. The molecular weight excluding hydrogens is 230 g/mol. The molecule has 96 valence electrons. The van der Waals surface area contributed by atoms with Crippen molar-refractivity contribution in [2.45, 2.75) is 32.6 Å². The van der Waals surface area contributed by atoms with Crippen LogP contribution in [0.1, 0.15) is 37.9 Å². The van der Waals surface area contributed by atoms with Gasteiger partial charge in [-0.05, 0) is 44.3 Å². The molecule has 17 heavy (non-hydrogen) atoms. The van der Waals surface area contributed by atoms with Gasteiger partial charge >= 0.3 is 0 Å². The van der Waals surface area contributed by atoms with Gasteiger partial charge in [-0.1, -0.05) is 13.0 Å². The molecule has 0 saturated carbocycles. The van der Waals surface area contributed by atoms with E-state index < -0.39 is 0 Å². The number of hydrogen-bond donors (Lipinski definition) is 1. The lowest BCUT2D eigenvalue weighted by molar-refractivity contribution is 0.337. The molecule has 0 aliphatic rings. The van der Waals surface area contributed by atoms with E-state index in [4.69, 9.17) is 4.74 Å². The summed E-state index contributed by atoms with van der Waals surface area (Å²) in [6, 6.07) is 6.91. The predicted octanol–water partition coefficient (Wildman–Crippen LogP) is 3.62. The molecule has 0 fully saturated rings. The first-order valence-electron chi connectivity index (χ1n) is 6.20. The lowest BCUT2D eigenvalue weighted by atomic mass is 10.0. The smallest absolute Gasteiger partial charge is 0.123 e. The van der Waals surface area contributed by atoms with Crippen molar-refractivity contribution in [1.29, 1.82) is 0 Å². The molecular formula is C14H23NOS. The second-order valence-corrected chi connectivity index (χ2v) is 4.88. The average molecular weight is 253 g/mol. The molecule has 1 aromatic rings. The largest absolute Gasteiger partial charge is 0.494 e. The minimum atomic E-state index is 0.399. The zero-order valence-electron chi connectivity index (χ0n) is 11.2. The van der Waals surface area contributed by atoms with Gasteiger partial charge in [0.05, 0.1) is 6.61 Å². The van der Waals surface area contributed by atoms with Crippen LogP contribution in [0.3, 0.4) is 0 Å². The van der Waals surface area contributed by atoms with Crippen LogP contribution in [0.5, 0.6) is 5.75 Å². The maximum absolute atomic E-state index is 5.65. The summed E-state index contributed by atoms with van der Waals surface area (Å²) < 4.78 is 5.65. The predicted molar refractivity (Wildman–Crippen MR) is 76.9 cm³/mol. The Balaban J connectivity index is 2.91. The van der Waals surface area contributed by atoms with E-state index in [1.54, 1.807) is 0 Å². The van der Waals surface area contributed by atoms with Gasteiger partial charge in [-0.15, -0.1) is 0 Å². The highest BCUT2D eigenvalue weighted by atomic mass is 32.2. The Morgan fingerprint density at radius 2 is 2.12 bits per heavy atom. The molecule has 3 heteroatoms. The fourth-order valence-corrected chi connectivity index (χ4v) is 2.39. The Morgan fingerprint density at radius 3 is 2.71 bits per heavy atom. The third-order valence-electron chi connectivity index (χ3n) is 2.69. The second-order valence-electron chi connectivity index (χ2n) is 4.01. The molecule has 1 N–H and O–H groups in total. The Bertz CT molecular complexity index is 341. The van der Waals surface area contributed by atoms with E-state index in [1.807, 2.05) is 18.7 Å². The topological polar surface area (TPSA) is 21.3 Å². The average Bonchev–Trinajstić information content (AvgIpc) is 2.32. The van der Waals surface area contributed by atoms with Crippen molar-refractivity contribution >= 4 is 11.8 Å². The molecule has 0 aliphatic heterocycles. The van der Waals surface area contributed by atoms with Gasteiger partial charge in [0.15, 0.2) is 0 Å². The number of ether oxygens (including phenoxy) is 1. The molecule has 0 bridgehead atoms. The van der Waals surface area contributed by atoms with E-state index in [-0.39, 0.29) is 0 Å². The lowest BCUT2D eigenvalue weighted by Gasteiger charge is -2.16. The van der Waals surface area contributed by atoms with Crippen molar-refractivity contribution in [2.24, 2.45) is 0 Å². The SMILES string of the molecule is CCNC(C)c1ccc(OCC)c(CSC)c1. The Labute approximate surface area is 109 Å². The maximum Gasteiger partial charge on any atom is 0.123 e. The van der Waals surface area contributed by atoms with Crippen molar-refractivity contribution in [3.63, 3.8) is 0 Å². The summed E-state index contributed by atoms with van der Waals surface area (Å²) in [4.78, 5) is 0. The second kappa shape index (κ2) is 7.62. The number of hydrogen-bond acceptors (Lipinski definition) is 3. The van der Waals surface area contributed by atoms with Gasteiger partial charge in [0, 0.05) is 17.4 Å². The number of nitrogens with one attached hydrogen (secondary N) is 1. The van der Waals surface area contributed by atoms with Gasteiger partial charge in [-0.25, -0.2) is 0 Å². The molecule has 2 nitrogen and oxygen atoms in total. The molecule has 0 amide bonds. The fourth-order valence-electron chi connectivity index (χ4n) is 1.86. The fraction of sp³-hybridized carbons (Fsp3) is 0.571. The Morgan fingerprint density at radius 1 is 1.35 bits per heavy atom. The first-order chi connectivity index (χ1) is 8.22. The van der Waals surface area contributed by atoms with Crippen molar-refractivity contribution in [1.82, 2.24) is 5.32 Å². The molecule has 1 rings (SSSR count). The van der Waals surface area contributed by atoms with Crippen molar-refractivity contribution in [3.8, 4) is 5.75 Å². The van der Waals surface area contributed by atoms with Crippen LogP contribution in [0.2, 0.25) is 0 Å². The van der Waals surface area contributed by atoms with Crippen LogP contribution in [0.25, 0.3) is 0 Å². The van der Waals surface area contributed by atoms with E-state index in [2.05, 4.69) is 43.6 Å². The zero-order chi connectivity index (χ0) is 12.7. The highest BCUT2D eigenvalue weighted by Crippen LogP contribution is 2.26. The van der Waals surface area contributed by atoms with Gasteiger partial charge in [0.25, 0.3) is 0 Å². The number of thioether (sulfide) groups is 1. The standard InChI is InChI=1S/C14H23NOS/c1-5-15-11(3)12-7-8-14(16-6-2)13(9-12)10-17-4/h7-9,11,15H,5-6,10H2,1-4H3. The number of benzene rings is 1. The van der Waals surface area contributed by atoms with Crippen molar-refractivity contribution in [2.75, 3.05) is 19.4 Å². The van der Waals surface area contributed by atoms with E-state index in [9.17, 15) is 0 Å². The summed E-state index contributed by atoms with van der Waals surface area (Å²) in [5.41, 5.74) is 2.63. The van der Waals surface area contributed by atoms with Crippen LogP contribution >= 0.6 is 11.8 Å². The summed E-state index contributed by atoms with van der Waals surface area (Å²) in [7, 11) is 0. The van der Waals surface area contributed by atoms with Crippen molar-refractivity contribution in [3.05, 3.63) is 29.3 Å². The third-order valence-corrected chi connectivity index (χ3v) is 3.29. The molecule has 1 unspecified atom stereocenters. The monoisotopic (exact) mass is 253 g/mol. The van der Waals surface area contributed by atoms with Crippen LogP contribution in [0.4, 0.5) is 0 Å². The van der Waals surface area contributed by atoms with E-state index >= 15 is 0 Å².